The van der Waals surface area contributed by atoms with Crippen LogP contribution in [0.1, 0.15) is 49.4 Å². The highest BCUT2D eigenvalue weighted by molar-refractivity contribution is 7.98. The van der Waals surface area contributed by atoms with Crippen molar-refractivity contribution in [2.45, 2.75) is 50.6 Å². The Morgan fingerprint density at radius 2 is 1.84 bits per heavy atom. The second-order valence-electron chi connectivity index (χ2n) is 9.15. The number of anilines is 1. The van der Waals surface area contributed by atoms with Crippen LogP contribution in [0, 0.1) is 12.3 Å². The largest absolute Gasteiger partial charge is 0.328 e. The highest BCUT2D eigenvalue weighted by Crippen LogP contribution is 2.45. The van der Waals surface area contributed by atoms with Crippen LogP contribution >= 0.6 is 11.8 Å². The number of aromatic nitrogens is 3. The number of hydrogen-bond acceptors (Lipinski definition) is 5. The number of fused-ring (bicyclic) bond motifs is 1. The minimum atomic E-state index is -0.239. The van der Waals surface area contributed by atoms with Crippen molar-refractivity contribution in [3.05, 3.63) is 82.6 Å². The lowest BCUT2D eigenvalue weighted by Crippen LogP contribution is -2.36. The van der Waals surface area contributed by atoms with Gasteiger partial charge in [-0.3, -0.25) is 4.79 Å². The zero-order valence-corrected chi connectivity index (χ0v) is 18.9. The Morgan fingerprint density at radius 3 is 2.61 bits per heavy atom. The molecule has 0 saturated heterocycles. The molecule has 6 heteroatoms. The van der Waals surface area contributed by atoms with E-state index >= 15 is 0 Å². The molecule has 0 spiro atoms. The summed E-state index contributed by atoms with van der Waals surface area (Å²) in [6, 6.07) is 18.3. The molecule has 0 radical (unpaired) electrons. The Hall–Kier alpha value is -2.86. The quantitative estimate of drug-likeness (QED) is 0.551. The molecule has 0 unspecified atom stereocenters. The van der Waals surface area contributed by atoms with Crippen LogP contribution in [0.25, 0.3) is 0 Å². The summed E-state index contributed by atoms with van der Waals surface area (Å²) in [7, 11) is 0. The van der Waals surface area contributed by atoms with Crippen LogP contribution in [0.15, 0.2) is 71.0 Å². The number of nitrogens with one attached hydrogen (secondary N) is 1. The fraction of sp³-hybridized carbons (Fsp3) is 0.320. The maximum Gasteiger partial charge on any atom is 0.227 e. The number of rotatable bonds is 4. The molecular weight excluding hydrogens is 404 g/mol. The second kappa shape index (κ2) is 7.68. The summed E-state index contributed by atoms with van der Waals surface area (Å²) in [5, 5.41) is 9.00. The molecule has 1 aliphatic heterocycles. The van der Waals surface area contributed by atoms with Crippen LogP contribution in [0.2, 0.25) is 0 Å². The maximum atomic E-state index is 13.2. The summed E-state index contributed by atoms with van der Waals surface area (Å²) in [6.45, 7) is 6.42. The van der Waals surface area contributed by atoms with E-state index < -0.39 is 0 Å². The lowest BCUT2D eigenvalue weighted by atomic mass is 9.73. The molecule has 5 rings (SSSR count). The molecule has 0 saturated carbocycles. The lowest BCUT2D eigenvalue weighted by molar-refractivity contribution is -0.118. The van der Waals surface area contributed by atoms with Gasteiger partial charge in [0.15, 0.2) is 5.78 Å². The smallest absolute Gasteiger partial charge is 0.227 e. The molecule has 158 valence electrons. The van der Waals surface area contributed by atoms with E-state index in [0.29, 0.717) is 12.4 Å². The molecule has 0 fully saturated rings. The summed E-state index contributed by atoms with van der Waals surface area (Å²) < 4.78 is 1.89. The van der Waals surface area contributed by atoms with Gasteiger partial charge in [-0.2, -0.15) is 4.98 Å². The fourth-order valence-electron chi connectivity index (χ4n) is 4.51. The van der Waals surface area contributed by atoms with Gasteiger partial charge >= 0.3 is 0 Å². The molecule has 31 heavy (non-hydrogen) atoms. The Labute approximate surface area is 187 Å². The molecule has 2 heterocycles. The summed E-state index contributed by atoms with van der Waals surface area (Å²) in [5.74, 6) is 1.72. The van der Waals surface area contributed by atoms with Crippen molar-refractivity contribution in [2.75, 3.05) is 5.32 Å². The predicted molar refractivity (Wildman–Crippen MR) is 124 cm³/mol. The number of carbonyl (C=O) groups excluding carboxylic acids is 1. The molecule has 0 bridgehead atoms. The molecule has 1 N–H and O–H groups in total. The van der Waals surface area contributed by atoms with Gasteiger partial charge in [-0.05, 0) is 35.4 Å². The van der Waals surface area contributed by atoms with E-state index in [9.17, 15) is 4.79 Å². The van der Waals surface area contributed by atoms with E-state index in [4.69, 9.17) is 10.1 Å². The molecule has 2 aromatic carbocycles. The van der Waals surface area contributed by atoms with Crippen molar-refractivity contribution in [2.24, 2.45) is 5.41 Å². The third-order valence-corrected chi connectivity index (χ3v) is 6.93. The lowest BCUT2D eigenvalue weighted by Gasteiger charge is -2.38. The van der Waals surface area contributed by atoms with Gasteiger partial charge in [-0.25, -0.2) is 4.68 Å². The SMILES string of the molecule is Cc1ccccc1CSc1nc2n(n1)[C@H](c1ccccc1)C1=C(CC(C)(C)CC1=O)N2. The number of carbonyl (C=O) groups is 1. The molecule has 2 aliphatic rings. The topological polar surface area (TPSA) is 59.8 Å². The van der Waals surface area contributed by atoms with E-state index in [2.05, 4.69) is 62.5 Å². The summed E-state index contributed by atoms with van der Waals surface area (Å²) >= 11 is 1.63. The minimum Gasteiger partial charge on any atom is -0.328 e. The Balaban J connectivity index is 1.52. The molecule has 0 amide bonds. The van der Waals surface area contributed by atoms with E-state index in [1.165, 1.54) is 11.1 Å². The Morgan fingerprint density at radius 1 is 1.10 bits per heavy atom. The van der Waals surface area contributed by atoms with Gasteiger partial charge < -0.3 is 5.32 Å². The number of ketones is 1. The fourth-order valence-corrected chi connectivity index (χ4v) is 5.41. The average molecular weight is 431 g/mol. The van der Waals surface area contributed by atoms with Gasteiger partial charge in [-0.15, -0.1) is 5.10 Å². The molecule has 1 aliphatic carbocycles. The second-order valence-corrected chi connectivity index (χ2v) is 10.1. The standard InChI is InChI=1S/C25H26N4OS/c1-16-9-7-8-12-18(16)15-31-24-27-23-26-19-13-25(2,3)14-20(30)21(19)22(29(23)28-24)17-10-5-4-6-11-17/h4-12,22H,13-15H2,1-3H3,(H,26,27,28)/t22-/m1/s1. The van der Waals surface area contributed by atoms with Crippen molar-refractivity contribution in [1.82, 2.24) is 14.8 Å². The number of hydrogen-bond donors (Lipinski definition) is 1. The number of nitrogens with zero attached hydrogens (tertiary/aromatic N) is 3. The zero-order valence-electron chi connectivity index (χ0n) is 18.1. The first-order chi connectivity index (χ1) is 14.9. The first-order valence-corrected chi connectivity index (χ1v) is 11.6. The van der Waals surface area contributed by atoms with Crippen LogP contribution in [0.4, 0.5) is 5.95 Å². The normalized spacial score (nSPS) is 19.6. The monoisotopic (exact) mass is 430 g/mol. The number of benzene rings is 2. The summed E-state index contributed by atoms with van der Waals surface area (Å²) in [5.41, 5.74) is 5.37. The minimum absolute atomic E-state index is 0.0608. The van der Waals surface area contributed by atoms with Crippen molar-refractivity contribution >= 4 is 23.5 Å². The molecule has 5 nitrogen and oxygen atoms in total. The van der Waals surface area contributed by atoms with Crippen molar-refractivity contribution < 1.29 is 4.79 Å². The number of Topliss-reactive ketones (excluding diaryl/α,β-unsaturated/α-hetero) is 1. The third-order valence-electron chi connectivity index (χ3n) is 6.05. The van der Waals surface area contributed by atoms with Crippen LogP contribution in [-0.2, 0) is 10.5 Å². The van der Waals surface area contributed by atoms with E-state index in [1.807, 2.05) is 22.9 Å². The van der Waals surface area contributed by atoms with Gasteiger partial charge in [0.2, 0.25) is 11.1 Å². The van der Waals surface area contributed by atoms with Crippen molar-refractivity contribution in [3.63, 3.8) is 0 Å². The highest BCUT2D eigenvalue weighted by atomic mass is 32.2. The van der Waals surface area contributed by atoms with Gasteiger partial charge in [0, 0.05) is 23.4 Å². The Bertz CT molecular complexity index is 1180. The van der Waals surface area contributed by atoms with E-state index in [1.54, 1.807) is 11.8 Å². The first-order valence-electron chi connectivity index (χ1n) is 10.6. The maximum absolute atomic E-state index is 13.2. The molecule has 1 aromatic heterocycles. The van der Waals surface area contributed by atoms with E-state index in [-0.39, 0.29) is 17.2 Å². The van der Waals surface area contributed by atoms with Crippen molar-refractivity contribution in [1.29, 1.82) is 0 Å². The molecule has 3 aromatic rings. The summed E-state index contributed by atoms with van der Waals surface area (Å²) in [4.78, 5) is 18.0. The van der Waals surface area contributed by atoms with Crippen molar-refractivity contribution in [3.8, 4) is 0 Å². The van der Waals surface area contributed by atoms with Crippen LogP contribution in [0.5, 0.6) is 0 Å². The molecular formula is C25H26N4OS. The third kappa shape index (κ3) is 3.81. The highest BCUT2D eigenvalue weighted by Gasteiger charge is 2.41. The van der Waals surface area contributed by atoms with Gasteiger partial charge in [0.1, 0.15) is 6.04 Å². The first kappa shape index (κ1) is 20.1. The predicted octanol–water partition coefficient (Wildman–Crippen LogP) is 5.54. The average Bonchev–Trinajstić information content (AvgIpc) is 3.14. The van der Waals surface area contributed by atoms with Crippen LogP contribution in [-0.4, -0.2) is 20.5 Å². The number of thioether (sulfide) groups is 1. The van der Waals surface area contributed by atoms with Gasteiger partial charge in [0.05, 0.1) is 0 Å². The van der Waals surface area contributed by atoms with Gasteiger partial charge in [0.25, 0.3) is 0 Å². The summed E-state index contributed by atoms with van der Waals surface area (Å²) in [6.07, 6.45) is 1.38. The van der Waals surface area contributed by atoms with Crippen LogP contribution < -0.4 is 5.32 Å². The van der Waals surface area contributed by atoms with Gasteiger partial charge in [-0.1, -0.05) is 80.2 Å². The Kier molecular flexibility index (Phi) is 4.97. The van der Waals surface area contributed by atoms with E-state index in [0.717, 1.165) is 34.2 Å². The zero-order chi connectivity index (χ0) is 21.6. The number of aryl methyl sites for hydroxylation is 1. The van der Waals surface area contributed by atoms with Crippen LogP contribution in [0.3, 0.4) is 0 Å². The number of allylic oxidation sites excluding steroid dienone is 2. The molecule has 1 atom stereocenters.